The molecule has 1 N–H and O–H groups in total. The van der Waals surface area contributed by atoms with Gasteiger partial charge in [-0.3, -0.25) is 5.10 Å². The van der Waals surface area contributed by atoms with Crippen molar-refractivity contribution in [2.75, 3.05) is 6.61 Å². The van der Waals surface area contributed by atoms with Crippen molar-refractivity contribution in [3.63, 3.8) is 0 Å². The van der Waals surface area contributed by atoms with E-state index in [1.165, 1.54) is 0 Å². The van der Waals surface area contributed by atoms with E-state index in [1.807, 2.05) is 19.3 Å². The number of carbonyl (C=O) groups excluding carboxylic acids is 1. The Morgan fingerprint density at radius 3 is 3.06 bits per heavy atom. The molecule has 2 aromatic heterocycles. The Hall–Kier alpha value is -2.04. The lowest BCUT2D eigenvalue weighted by Gasteiger charge is -2.01. The van der Waals surface area contributed by atoms with Gasteiger partial charge >= 0.3 is 5.97 Å². The van der Waals surface area contributed by atoms with Gasteiger partial charge in [-0.15, -0.1) is 0 Å². The molecule has 0 bridgehead atoms. The minimum absolute atomic E-state index is 0.309. The lowest BCUT2D eigenvalue weighted by molar-refractivity contribution is 0.0515. The van der Waals surface area contributed by atoms with Crippen LogP contribution in [0.3, 0.4) is 0 Å². The summed E-state index contributed by atoms with van der Waals surface area (Å²) in [7, 11) is 1.81. The van der Waals surface area contributed by atoms with Gasteiger partial charge in [0.05, 0.1) is 12.3 Å². The van der Waals surface area contributed by atoms with Gasteiger partial charge in [0.1, 0.15) is 5.69 Å². The Balaban J connectivity index is 2.32. The highest BCUT2D eigenvalue weighted by Crippen LogP contribution is 2.19. The van der Waals surface area contributed by atoms with E-state index in [4.69, 9.17) is 4.74 Å². The maximum absolute atomic E-state index is 11.6. The Morgan fingerprint density at radius 2 is 2.44 bits per heavy atom. The van der Waals surface area contributed by atoms with Gasteiger partial charge < -0.3 is 9.30 Å². The number of H-pyrrole nitrogens is 1. The molecular weight excluding hydrogens is 206 g/mol. The number of aromatic nitrogens is 3. The molecule has 0 aromatic carbocycles. The molecule has 0 aliphatic heterocycles. The minimum Gasteiger partial charge on any atom is -0.461 e. The first kappa shape index (κ1) is 10.5. The number of ether oxygens (including phenoxy) is 1. The summed E-state index contributed by atoms with van der Waals surface area (Å²) in [6.45, 7) is 2.17. The van der Waals surface area contributed by atoms with Crippen LogP contribution < -0.4 is 0 Å². The number of hydrogen-bond acceptors (Lipinski definition) is 3. The van der Waals surface area contributed by atoms with E-state index in [0.717, 1.165) is 11.3 Å². The van der Waals surface area contributed by atoms with Crippen LogP contribution in [0.15, 0.2) is 24.5 Å². The summed E-state index contributed by atoms with van der Waals surface area (Å²) in [6, 6.07) is 3.63. The Labute approximate surface area is 93.0 Å². The molecule has 0 saturated carbocycles. The maximum atomic E-state index is 11.6. The van der Waals surface area contributed by atoms with Crippen molar-refractivity contribution < 1.29 is 9.53 Å². The quantitative estimate of drug-likeness (QED) is 0.797. The van der Waals surface area contributed by atoms with Crippen molar-refractivity contribution in [1.82, 2.24) is 14.8 Å². The normalized spacial score (nSPS) is 10.4. The van der Waals surface area contributed by atoms with Crippen LogP contribution in [0.5, 0.6) is 0 Å². The first-order chi connectivity index (χ1) is 7.72. The minimum atomic E-state index is -0.309. The van der Waals surface area contributed by atoms with Gasteiger partial charge in [0.2, 0.25) is 0 Å². The van der Waals surface area contributed by atoms with Crippen LogP contribution in [0.25, 0.3) is 11.3 Å². The third kappa shape index (κ3) is 1.84. The van der Waals surface area contributed by atoms with Crippen molar-refractivity contribution >= 4 is 5.97 Å². The molecule has 0 fully saturated rings. The zero-order chi connectivity index (χ0) is 11.5. The molecule has 84 valence electrons. The molecular formula is C11H13N3O2. The van der Waals surface area contributed by atoms with Crippen LogP contribution in [0.1, 0.15) is 17.4 Å². The second-order valence-electron chi connectivity index (χ2n) is 3.42. The summed E-state index contributed by atoms with van der Waals surface area (Å²) in [5, 5.41) is 6.72. The smallest absolute Gasteiger partial charge is 0.354 e. The molecule has 0 aliphatic carbocycles. The van der Waals surface area contributed by atoms with E-state index < -0.39 is 0 Å². The number of hydrogen-bond donors (Lipinski definition) is 1. The first-order valence-electron chi connectivity index (χ1n) is 5.05. The van der Waals surface area contributed by atoms with Crippen LogP contribution in [-0.4, -0.2) is 27.3 Å². The summed E-state index contributed by atoms with van der Waals surface area (Å²) in [4.78, 5) is 11.6. The predicted molar refractivity (Wildman–Crippen MR) is 59.0 cm³/mol. The van der Waals surface area contributed by atoms with Crippen LogP contribution in [0, 0.1) is 0 Å². The summed E-state index contributed by atoms with van der Waals surface area (Å²) in [5.41, 5.74) is 2.33. The highest BCUT2D eigenvalue weighted by molar-refractivity contribution is 5.89. The summed E-state index contributed by atoms with van der Waals surface area (Å²) >= 11 is 0. The molecule has 16 heavy (non-hydrogen) atoms. The van der Waals surface area contributed by atoms with E-state index in [1.54, 1.807) is 23.8 Å². The molecule has 0 unspecified atom stereocenters. The van der Waals surface area contributed by atoms with Crippen LogP contribution in [0.4, 0.5) is 0 Å². The fourth-order valence-corrected chi connectivity index (χ4v) is 1.54. The van der Waals surface area contributed by atoms with Crippen LogP contribution in [0.2, 0.25) is 0 Å². The molecule has 0 spiro atoms. The topological polar surface area (TPSA) is 59.9 Å². The van der Waals surface area contributed by atoms with E-state index >= 15 is 0 Å². The molecule has 0 atom stereocenters. The van der Waals surface area contributed by atoms with Crippen molar-refractivity contribution in [2.45, 2.75) is 6.92 Å². The van der Waals surface area contributed by atoms with E-state index in [2.05, 4.69) is 10.2 Å². The highest BCUT2D eigenvalue weighted by atomic mass is 16.5. The predicted octanol–water partition coefficient (Wildman–Crippen LogP) is 1.59. The zero-order valence-electron chi connectivity index (χ0n) is 9.23. The van der Waals surface area contributed by atoms with Crippen molar-refractivity contribution in [3.8, 4) is 11.3 Å². The lowest BCUT2D eigenvalue weighted by Crippen LogP contribution is -2.08. The number of aryl methyl sites for hydroxylation is 1. The molecule has 0 saturated heterocycles. The molecule has 5 heteroatoms. The molecule has 0 radical (unpaired) electrons. The Kier molecular flexibility index (Phi) is 2.76. The number of carbonyl (C=O) groups is 1. The van der Waals surface area contributed by atoms with Gasteiger partial charge in [-0.25, -0.2) is 4.79 Å². The third-order valence-electron chi connectivity index (χ3n) is 2.30. The largest absolute Gasteiger partial charge is 0.461 e. The van der Waals surface area contributed by atoms with Crippen molar-refractivity contribution in [1.29, 1.82) is 0 Å². The van der Waals surface area contributed by atoms with Gasteiger partial charge in [-0.05, 0) is 19.1 Å². The highest BCUT2D eigenvalue weighted by Gasteiger charge is 2.13. The zero-order valence-corrected chi connectivity index (χ0v) is 9.23. The van der Waals surface area contributed by atoms with E-state index in [-0.39, 0.29) is 5.97 Å². The van der Waals surface area contributed by atoms with Crippen molar-refractivity contribution in [2.24, 2.45) is 7.05 Å². The summed E-state index contributed by atoms with van der Waals surface area (Å²) in [6.07, 6.45) is 3.53. The maximum Gasteiger partial charge on any atom is 0.354 e. The first-order valence-corrected chi connectivity index (χ1v) is 5.05. The van der Waals surface area contributed by atoms with E-state index in [0.29, 0.717) is 12.3 Å². The van der Waals surface area contributed by atoms with Gasteiger partial charge in [0.25, 0.3) is 0 Å². The fourth-order valence-electron chi connectivity index (χ4n) is 1.54. The van der Waals surface area contributed by atoms with Gasteiger partial charge in [0, 0.05) is 25.0 Å². The second kappa shape index (κ2) is 4.22. The average Bonchev–Trinajstić information content (AvgIpc) is 2.86. The molecule has 2 aromatic rings. The Bertz CT molecular complexity index is 485. The van der Waals surface area contributed by atoms with Gasteiger partial charge in [-0.2, -0.15) is 5.10 Å². The standard InChI is InChI=1S/C11H13N3O2/c1-3-16-11(15)10-6-8(7-14(10)2)9-4-5-12-13-9/h4-7H,3H2,1-2H3,(H,12,13). The van der Waals surface area contributed by atoms with Crippen molar-refractivity contribution in [3.05, 3.63) is 30.2 Å². The molecule has 5 nitrogen and oxygen atoms in total. The molecule has 0 aliphatic rings. The molecule has 2 heterocycles. The molecule has 0 amide bonds. The summed E-state index contributed by atoms with van der Waals surface area (Å²) in [5.74, 6) is -0.309. The number of esters is 1. The van der Waals surface area contributed by atoms with Gasteiger partial charge in [-0.1, -0.05) is 0 Å². The summed E-state index contributed by atoms with van der Waals surface area (Å²) < 4.78 is 6.70. The second-order valence-corrected chi connectivity index (χ2v) is 3.42. The number of rotatable bonds is 3. The fraction of sp³-hybridized carbons (Fsp3) is 0.273. The van der Waals surface area contributed by atoms with E-state index in [9.17, 15) is 4.79 Å². The van der Waals surface area contributed by atoms with Crippen LogP contribution >= 0.6 is 0 Å². The Morgan fingerprint density at radius 1 is 1.62 bits per heavy atom. The number of aromatic amines is 1. The molecule has 2 rings (SSSR count). The average molecular weight is 219 g/mol. The number of nitrogens with one attached hydrogen (secondary N) is 1. The third-order valence-corrected chi connectivity index (χ3v) is 2.30. The monoisotopic (exact) mass is 219 g/mol. The van der Waals surface area contributed by atoms with Crippen LogP contribution in [-0.2, 0) is 11.8 Å². The number of nitrogens with zero attached hydrogens (tertiary/aromatic N) is 2. The SMILES string of the molecule is CCOC(=O)c1cc(-c2ccn[nH]2)cn1C. The van der Waals surface area contributed by atoms with Gasteiger partial charge in [0.15, 0.2) is 0 Å². The lowest BCUT2D eigenvalue weighted by atomic mass is 10.2.